The maximum Gasteiger partial charge on any atom is 0.257 e. The average molecular weight is 328 g/mol. The van der Waals surface area contributed by atoms with Crippen LogP contribution in [0.25, 0.3) is 5.82 Å². The van der Waals surface area contributed by atoms with Crippen molar-refractivity contribution in [1.29, 1.82) is 0 Å². The van der Waals surface area contributed by atoms with Crippen molar-refractivity contribution in [3.63, 3.8) is 0 Å². The fraction of sp³-hybridized carbons (Fsp3) is 0.500. The molecule has 0 aromatic carbocycles. The van der Waals surface area contributed by atoms with Crippen LogP contribution in [-0.4, -0.2) is 49.4 Å². The number of aliphatic hydroxyl groups is 1. The Morgan fingerprint density at radius 1 is 1.46 bits per heavy atom. The second-order valence-corrected chi connectivity index (χ2v) is 6.71. The number of amides is 1. The van der Waals surface area contributed by atoms with Gasteiger partial charge in [0.05, 0.1) is 23.1 Å². The summed E-state index contributed by atoms with van der Waals surface area (Å²) in [7, 11) is 0. The third-order valence-corrected chi connectivity index (χ3v) is 5.09. The number of hydrogen-bond acceptors (Lipinski definition) is 4. The van der Waals surface area contributed by atoms with Crippen molar-refractivity contribution >= 4 is 5.91 Å². The fourth-order valence-electron chi connectivity index (χ4n) is 3.37. The molecule has 6 nitrogen and oxygen atoms in total. The van der Waals surface area contributed by atoms with Gasteiger partial charge in [0.2, 0.25) is 0 Å². The molecule has 1 saturated heterocycles. The number of hydrogen-bond donors (Lipinski definition) is 1. The molecule has 0 radical (unpaired) electrons. The Hall–Kier alpha value is -2.21. The van der Waals surface area contributed by atoms with Gasteiger partial charge in [0.25, 0.3) is 5.91 Å². The zero-order chi connectivity index (χ0) is 17.3. The smallest absolute Gasteiger partial charge is 0.257 e. The third kappa shape index (κ3) is 2.94. The Balaban J connectivity index is 1.83. The van der Waals surface area contributed by atoms with Crippen LogP contribution in [0.3, 0.4) is 0 Å². The molecule has 128 valence electrons. The predicted molar refractivity (Wildman–Crippen MR) is 91.0 cm³/mol. The Morgan fingerprint density at radius 2 is 2.25 bits per heavy atom. The second kappa shape index (κ2) is 6.36. The van der Waals surface area contributed by atoms with Crippen molar-refractivity contribution in [2.24, 2.45) is 5.92 Å². The third-order valence-electron chi connectivity index (χ3n) is 5.09. The van der Waals surface area contributed by atoms with E-state index in [0.29, 0.717) is 30.9 Å². The summed E-state index contributed by atoms with van der Waals surface area (Å²) in [6.45, 7) is 6.95. The van der Waals surface area contributed by atoms with Crippen molar-refractivity contribution in [2.45, 2.75) is 39.2 Å². The molecule has 0 bridgehead atoms. The van der Waals surface area contributed by atoms with Crippen LogP contribution in [0.15, 0.2) is 30.6 Å². The average Bonchev–Trinajstić information content (AvgIpc) is 2.96. The Morgan fingerprint density at radius 3 is 2.92 bits per heavy atom. The highest BCUT2D eigenvalue weighted by Gasteiger charge is 2.38. The van der Waals surface area contributed by atoms with Gasteiger partial charge in [-0.05, 0) is 38.8 Å². The van der Waals surface area contributed by atoms with Crippen LogP contribution >= 0.6 is 0 Å². The molecular formula is C18H24N4O2. The molecule has 0 unspecified atom stereocenters. The van der Waals surface area contributed by atoms with Crippen molar-refractivity contribution in [2.75, 3.05) is 13.1 Å². The lowest BCUT2D eigenvalue weighted by atomic mass is 9.81. The second-order valence-electron chi connectivity index (χ2n) is 6.71. The van der Waals surface area contributed by atoms with E-state index in [1.54, 1.807) is 17.1 Å². The summed E-state index contributed by atoms with van der Waals surface area (Å²) < 4.78 is 1.69. The number of nitrogens with zero attached hydrogens (tertiary/aromatic N) is 4. The number of carbonyl (C=O) groups excluding carboxylic acids is 1. The van der Waals surface area contributed by atoms with Gasteiger partial charge < -0.3 is 10.0 Å². The summed E-state index contributed by atoms with van der Waals surface area (Å²) in [4.78, 5) is 19.0. The molecule has 1 aliphatic heterocycles. The Labute approximate surface area is 142 Å². The molecule has 3 heterocycles. The fourth-order valence-corrected chi connectivity index (χ4v) is 3.37. The minimum absolute atomic E-state index is 0.0244. The van der Waals surface area contributed by atoms with Gasteiger partial charge in [-0.1, -0.05) is 13.0 Å². The molecule has 2 atom stereocenters. The summed E-state index contributed by atoms with van der Waals surface area (Å²) in [6, 6.07) is 5.60. The van der Waals surface area contributed by atoms with Gasteiger partial charge in [-0.3, -0.25) is 4.79 Å². The van der Waals surface area contributed by atoms with Gasteiger partial charge in [-0.25, -0.2) is 9.67 Å². The van der Waals surface area contributed by atoms with Gasteiger partial charge >= 0.3 is 0 Å². The molecule has 3 rings (SSSR count). The molecule has 1 N–H and O–H groups in total. The van der Waals surface area contributed by atoms with Gasteiger partial charge in [0.1, 0.15) is 0 Å². The minimum Gasteiger partial charge on any atom is -0.390 e. The minimum atomic E-state index is -0.696. The molecule has 6 heteroatoms. The Bertz CT molecular complexity index is 724. The summed E-state index contributed by atoms with van der Waals surface area (Å²) in [5.74, 6) is 0.770. The highest BCUT2D eigenvalue weighted by Crippen LogP contribution is 2.31. The molecule has 24 heavy (non-hydrogen) atoms. The van der Waals surface area contributed by atoms with Crippen LogP contribution in [0.4, 0.5) is 0 Å². The number of pyridine rings is 1. The van der Waals surface area contributed by atoms with Crippen LogP contribution in [-0.2, 0) is 0 Å². The van der Waals surface area contributed by atoms with Crippen molar-refractivity contribution < 1.29 is 9.90 Å². The van der Waals surface area contributed by atoms with E-state index in [1.807, 2.05) is 36.9 Å². The first-order valence-corrected chi connectivity index (χ1v) is 8.41. The molecular weight excluding hydrogens is 304 g/mol. The van der Waals surface area contributed by atoms with E-state index >= 15 is 0 Å². The van der Waals surface area contributed by atoms with E-state index in [0.717, 1.165) is 12.1 Å². The van der Waals surface area contributed by atoms with E-state index in [2.05, 4.69) is 17.0 Å². The number of likely N-dealkylation sites (tertiary alicyclic amines) is 1. The topological polar surface area (TPSA) is 71.2 Å². The highest BCUT2D eigenvalue weighted by atomic mass is 16.3. The van der Waals surface area contributed by atoms with Crippen LogP contribution in [0, 0.1) is 12.8 Å². The standard InChI is InChI=1S/C18H24N4O2/c1-4-14-12-21(10-8-18(14,3)24)17(23)15-11-20-22(13(15)2)16-7-5-6-9-19-16/h5-7,9,11,14,24H,4,8,10,12H2,1-3H3/t14-,18+/m0/s1. The van der Waals surface area contributed by atoms with Crippen molar-refractivity contribution in [1.82, 2.24) is 19.7 Å². The monoisotopic (exact) mass is 328 g/mol. The maximum atomic E-state index is 12.9. The number of piperidine rings is 1. The van der Waals surface area contributed by atoms with E-state index in [-0.39, 0.29) is 11.8 Å². The van der Waals surface area contributed by atoms with Gasteiger partial charge in [-0.2, -0.15) is 5.10 Å². The predicted octanol–water partition coefficient (Wildman–Crippen LogP) is 2.20. The van der Waals surface area contributed by atoms with Crippen molar-refractivity contribution in [3.8, 4) is 5.82 Å². The first-order valence-electron chi connectivity index (χ1n) is 8.41. The van der Waals surface area contributed by atoms with Gasteiger partial charge in [0.15, 0.2) is 5.82 Å². The van der Waals surface area contributed by atoms with Gasteiger partial charge in [0, 0.05) is 25.2 Å². The lowest BCUT2D eigenvalue weighted by Gasteiger charge is -2.42. The van der Waals surface area contributed by atoms with Crippen LogP contribution in [0.1, 0.15) is 42.7 Å². The zero-order valence-corrected chi connectivity index (χ0v) is 14.4. The lowest BCUT2D eigenvalue weighted by Crippen LogP contribution is -2.51. The molecule has 2 aromatic heterocycles. The highest BCUT2D eigenvalue weighted by molar-refractivity contribution is 5.95. The molecule has 2 aromatic rings. The summed E-state index contributed by atoms with van der Waals surface area (Å²) in [6.07, 6.45) is 4.77. The number of rotatable bonds is 3. The van der Waals surface area contributed by atoms with Crippen molar-refractivity contribution in [3.05, 3.63) is 41.9 Å². The molecule has 0 aliphatic carbocycles. The number of aromatic nitrogens is 3. The van der Waals surface area contributed by atoms with E-state index in [4.69, 9.17) is 0 Å². The molecule has 1 fully saturated rings. The lowest BCUT2D eigenvalue weighted by molar-refractivity contribution is -0.0521. The molecule has 0 saturated carbocycles. The normalized spacial score (nSPS) is 24.2. The van der Waals surface area contributed by atoms with Gasteiger partial charge in [-0.15, -0.1) is 0 Å². The SMILES string of the molecule is CC[C@H]1CN(C(=O)c2cnn(-c3ccccn3)c2C)CC[C@@]1(C)O. The molecule has 0 spiro atoms. The van der Waals surface area contributed by atoms with Crippen LogP contribution < -0.4 is 0 Å². The van der Waals surface area contributed by atoms with E-state index in [9.17, 15) is 9.90 Å². The first-order chi connectivity index (χ1) is 11.4. The quantitative estimate of drug-likeness (QED) is 0.937. The largest absolute Gasteiger partial charge is 0.390 e. The zero-order valence-electron chi connectivity index (χ0n) is 14.4. The van der Waals surface area contributed by atoms with E-state index in [1.165, 1.54) is 0 Å². The summed E-state index contributed by atoms with van der Waals surface area (Å²) >= 11 is 0. The van der Waals surface area contributed by atoms with Crippen LogP contribution in [0.5, 0.6) is 0 Å². The molecule has 1 amide bonds. The van der Waals surface area contributed by atoms with Crippen LogP contribution in [0.2, 0.25) is 0 Å². The van der Waals surface area contributed by atoms with E-state index < -0.39 is 5.60 Å². The maximum absolute atomic E-state index is 12.9. The Kier molecular flexibility index (Phi) is 4.41. The molecule has 1 aliphatic rings. The first kappa shape index (κ1) is 16.6. The summed E-state index contributed by atoms with van der Waals surface area (Å²) in [5.41, 5.74) is 0.680. The summed E-state index contributed by atoms with van der Waals surface area (Å²) in [5, 5.41) is 14.8. The number of carbonyl (C=O) groups is 1.